The SMILES string of the molecule is C=CC(=O)Nc1ccc(S(=O)(=O)N2CC[CH]CC2C(N)=O)cc1. The van der Waals surface area contributed by atoms with Gasteiger partial charge in [0.05, 0.1) is 4.90 Å². The van der Waals surface area contributed by atoms with E-state index >= 15 is 0 Å². The Bertz CT molecular complexity index is 713. The molecule has 7 nitrogen and oxygen atoms in total. The van der Waals surface area contributed by atoms with Crippen LogP contribution in [0.2, 0.25) is 0 Å². The van der Waals surface area contributed by atoms with Crippen molar-refractivity contribution in [3.63, 3.8) is 0 Å². The first-order valence-corrected chi connectivity index (χ1v) is 8.46. The summed E-state index contributed by atoms with van der Waals surface area (Å²) >= 11 is 0. The van der Waals surface area contributed by atoms with Crippen LogP contribution in [0.4, 0.5) is 5.69 Å². The lowest BCUT2D eigenvalue weighted by Gasteiger charge is -2.32. The molecule has 1 aliphatic rings. The largest absolute Gasteiger partial charge is 0.368 e. The quantitative estimate of drug-likeness (QED) is 0.769. The number of sulfonamides is 1. The maximum absolute atomic E-state index is 12.7. The van der Waals surface area contributed by atoms with Gasteiger partial charge in [0.2, 0.25) is 21.8 Å². The number of piperidine rings is 1. The average Bonchev–Trinajstić information content (AvgIpc) is 2.55. The fourth-order valence-corrected chi connectivity index (χ4v) is 3.97. The molecule has 3 N–H and O–H groups in total. The summed E-state index contributed by atoms with van der Waals surface area (Å²) in [6.07, 6.45) is 3.85. The molecule has 1 fully saturated rings. The number of rotatable bonds is 5. The van der Waals surface area contributed by atoms with E-state index in [1.165, 1.54) is 24.3 Å². The van der Waals surface area contributed by atoms with Gasteiger partial charge in [0, 0.05) is 12.2 Å². The first-order chi connectivity index (χ1) is 10.9. The third-order valence-corrected chi connectivity index (χ3v) is 5.46. The number of nitrogens with two attached hydrogens (primary N) is 1. The van der Waals surface area contributed by atoms with Crippen molar-refractivity contribution in [3.8, 4) is 0 Å². The molecule has 0 aromatic heterocycles. The minimum absolute atomic E-state index is 0.0438. The molecule has 1 atom stereocenters. The first-order valence-electron chi connectivity index (χ1n) is 7.02. The number of benzene rings is 1. The van der Waals surface area contributed by atoms with E-state index in [1.807, 2.05) is 6.42 Å². The van der Waals surface area contributed by atoms with Gasteiger partial charge in [0.25, 0.3) is 0 Å². The molecule has 23 heavy (non-hydrogen) atoms. The van der Waals surface area contributed by atoms with Crippen LogP contribution in [-0.4, -0.2) is 37.1 Å². The molecule has 0 spiro atoms. The highest BCUT2D eigenvalue weighted by atomic mass is 32.2. The van der Waals surface area contributed by atoms with Crippen LogP contribution in [-0.2, 0) is 19.6 Å². The Morgan fingerprint density at radius 1 is 1.30 bits per heavy atom. The lowest BCUT2D eigenvalue weighted by Crippen LogP contribution is -2.50. The highest BCUT2D eigenvalue weighted by molar-refractivity contribution is 7.89. The number of primary amides is 1. The van der Waals surface area contributed by atoms with Gasteiger partial charge in [-0.3, -0.25) is 9.59 Å². The number of nitrogens with one attached hydrogen (secondary N) is 1. The van der Waals surface area contributed by atoms with E-state index in [-0.39, 0.29) is 17.3 Å². The second-order valence-electron chi connectivity index (χ2n) is 5.06. The van der Waals surface area contributed by atoms with Gasteiger partial charge in [-0.05, 0) is 49.6 Å². The van der Waals surface area contributed by atoms with Crippen LogP contribution < -0.4 is 11.1 Å². The van der Waals surface area contributed by atoms with Crippen LogP contribution in [0.25, 0.3) is 0 Å². The summed E-state index contributed by atoms with van der Waals surface area (Å²) in [6.45, 7) is 3.55. The topological polar surface area (TPSA) is 110 Å². The molecule has 123 valence electrons. The summed E-state index contributed by atoms with van der Waals surface area (Å²) < 4.78 is 26.5. The van der Waals surface area contributed by atoms with Crippen LogP contribution in [0, 0.1) is 6.42 Å². The summed E-state index contributed by atoms with van der Waals surface area (Å²) in [6, 6.07) is 4.84. The Kier molecular flexibility index (Phi) is 5.17. The molecule has 0 aliphatic carbocycles. The fraction of sp³-hybridized carbons (Fsp3) is 0.267. The van der Waals surface area contributed by atoms with Crippen LogP contribution >= 0.6 is 0 Å². The molecule has 2 amide bonds. The Morgan fingerprint density at radius 3 is 2.52 bits per heavy atom. The monoisotopic (exact) mass is 336 g/mol. The van der Waals surface area contributed by atoms with Crippen molar-refractivity contribution in [3.05, 3.63) is 43.3 Å². The van der Waals surface area contributed by atoms with Crippen molar-refractivity contribution in [1.82, 2.24) is 4.31 Å². The normalized spacial score (nSPS) is 19.0. The maximum atomic E-state index is 12.7. The summed E-state index contributed by atoms with van der Waals surface area (Å²) in [5.74, 6) is -1.06. The molecular formula is C15H18N3O4S. The molecule has 0 bridgehead atoms. The van der Waals surface area contributed by atoms with Crippen molar-refractivity contribution in [1.29, 1.82) is 0 Å². The fourth-order valence-electron chi connectivity index (χ4n) is 2.35. The minimum Gasteiger partial charge on any atom is -0.368 e. The van der Waals surface area contributed by atoms with Gasteiger partial charge in [-0.1, -0.05) is 6.58 Å². The van der Waals surface area contributed by atoms with Gasteiger partial charge in [0.15, 0.2) is 0 Å². The minimum atomic E-state index is -3.83. The average molecular weight is 336 g/mol. The van der Waals surface area contributed by atoms with Gasteiger partial charge in [-0.15, -0.1) is 0 Å². The van der Waals surface area contributed by atoms with Crippen LogP contribution in [0.1, 0.15) is 12.8 Å². The molecule has 8 heteroatoms. The summed E-state index contributed by atoms with van der Waals surface area (Å²) in [4.78, 5) is 22.8. The third kappa shape index (κ3) is 3.77. The zero-order chi connectivity index (χ0) is 17.0. The van der Waals surface area contributed by atoms with Gasteiger partial charge in [-0.25, -0.2) is 8.42 Å². The Morgan fingerprint density at radius 2 is 1.96 bits per heavy atom. The molecule has 1 aromatic rings. The molecule has 1 radical (unpaired) electrons. The van der Waals surface area contributed by atoms with Crippen molar-refractivity contribution >= 4 is 27.5 Å². The van der Waals surface area contributed by atoms with E-state index in [0.717, 1.165) is 10.4 Å². The van der Waals surface area contributed by atoms with Crippen molar-refractivity contribution in [2.24, 2.45) is 5.73 Å². The second-order valence-corrected chi connectivity index (χ2v) is 6.96. The van der Waals surface area contributed by atoms with Crippen molar-refractivity contribution < 1.29 is 18.0 Å². The Hall–Kier alpha value is -2.19. The zero-order valence-corrected chi connectivity index (χ0v) is 13.3. The smallest absolute Gasteiger partial charge is 0.247 e. The van der Waals surface area contributed by atoms with Crippen molar-refractivity contribution in [2.75, 3.05) is 11.9 Å². The van der Waals surface area contributed by atoms with Crippen molar-refractivity contribution in [2.45, 2.75) is 23.8 Å². The van der Waals surface area contributed by atoms with E-state index in [4.69, 9.17) is 5.73 Å². The van der Waals surface area contributed by atoms with Gasteiger partial charge in [0.1, 0.15) is 6.04 Å². The number of amides is 2. The summed E-state index contributed by atoms with van der Waals surface area (Å²) in [5.41, 5.74) is 5.76. The highest BCUT2D eigenvalue weighted by Gasteiger charge is 2.36. The third-order valence-electron chi connectivity index (χ3n) is 3.53. The number of carbonyl (C=O) groups excluding carboxylic acids is 2. The molecule has 1 unspecified atom stereocenters. The standard InChI is InChI=1S/C15H18N3O4S/c1-2-14(19)17-11-6-8-12(9-7-11)23(21,22)18-10-4-3-5-13(18)15(16)20/h2-3,6-9,13H,1,4-5,10H2,(H2,16,20)(H,17,19). The maximum Gasteiger partial charge on any atom is 0.247 e. The highest BCUT2D eigenvalue weighted by Crippen LogP contribution is 2.25. The predicted molar refractivity (Wildman–Crippen MR) is 85.7 cm³/mol. The lowest BCUT2D eigenvalue weighted by molar-refractivity contribution is -0.122. The molecule has 1 aromatic carbocycles. The molecule has 1 heterocycles. The van der Waals surface area contributed by atoms with E-state index in [0.29, 0.717) is 18.5 Å². The molecule has 2 rings (SSSR count). The number of carbonyl (C=O) groups is 2. The van der Waals surface area contributed by atoms with Crippen LogP contribution in [0.3, 0.4) is 0 Å². The Labute approximate surface area is 135 Å². The van der Waals surface area contributed by atoms with E-state index in [9.17, 15) is 18.0 Å². The Balaban J connectivity index is 2.26. The van der Waals surface area contributed by atoms with Crippen LogP contribution in [0.15, 0.2) is 41.8 Å². The zero-order valence-electron chi connectivity index (χ0n) is 12.4. The summed E-state index contributed by atoms with van der Waals surface area (Å²) in [7, 11) is -3.83. The molecule has 1 aliphatic heterocycles. The molecule has 0 saturated carbocycles. The predicted octanol–water partition coefficient (Wildman–Crippen LogP) is 0.654. The van der Waals surface area contributed by atoms with Crippen LogP contribution in [0.5, 0.6) is 0 Å². The van der Waals surface area contributed by atoms with Gasteiger partial charge in [-0.2, -0.15) is 4.31 Å². The van der Waals surface area contributed by atoms with Gasteiger partial charge < -0.3 is 11.1 Å². The molecular weight excluding hydrogens is 318 g/mol. The number of hydrogen-bond acceptors (Lipinski definition) is 4. The second kappa shape index (κ2) is 6.93. The number of nitrogens with zero attached hydrogens (tertiary/aromatic N) is 1. The number of hydrogen-bond donors (Lipinski definition) is 2. The number of anilines is 1. The van der Waals surface area contributed by atoms with E-state index in [2.05, 4.69) is 11.9 Å². The first kappa shape index (κ1) is 17.2. The van der Waals surface area contributed by atoms with E-state index < -0.39 is 22.0 Å². The van der Waals surface area contributed by atoms with Gasteiger partial charge >= 0.3 is 0 Å². The lowest BCUT2D eigenvalue weighted by atomic mass is 10.0. The van der Waals surface area contributed by atoms with E-state index in [1.54, 1.807) is 0 Å². The molecule has 1 saturated heterocycles. The summed E-state index contributed by atoms with van der Waals surface area (Å²) in [5, 5.41) is 2.53.